The van der Waals surface area contributed by atoms with E-state index in [0.717, 1.165) is 6.29 Å². The number of hydrogen-bond donors (Lipinski definition) is 1. The molecule has 0 aliphatic rings. The highest BCUT2D eigenvalue weighted by Gasteiger charge is 2.10. The molecule has 0 saturated heterocycles. The molecule has 0 fully saturated rings. The van der Waals surface area contributed by atoms with Crippen LogP contribution in [0.4, 0.5) is 0 Å². The molecule has 76 valence electrons. The van der Waals surface area contributed by atoms with Crippen LogP contribution < -0.4 is 0 Å². The Labute approximate surface area is 92.1 Å². The number of benzene rings is 2. The standard InChI is InChI=1S/C12H9ClO2/c1-7-5-10(13)11-8(6-14)3-2-4-9(11)12(7)15/h2-6,15H,1H3. The van der Waals surface area contributed by atoms with Gasteiger partial charge >= 0.3 is 0 Å². The number of carbonyl (C=O) groups is 1. The Kier molecular flexibility index (Phi) is 2.37. The summed E-state index contributed by atoms with van der Waals surface area (Å²) in [7, 11) is 0. The van der Waals surface area contributed by atoms with E-state index in [1.54, 1.807) is 31.2 Å². The zero-order valence-electron chi connectivity index (χ0n) is 8.12. The number of aryl methyl sites for hydroxylation is 1. The SMILES string of the molecule is Cc1cc(Cl)c2c(C=O)cccc2c1O. The van der Waals surface area contributed by atoms with Crippen molar-refractivity contribution in [3.63, 3.8) is 0 Å². The highest BCUT2D eigenvalue weighted by Crippen LogP contribution is 2.35. The van der Waals surface area contributed by atoms with Crippen LogP contribution in [0.5, 0.6) is 5.75 Å². The van der Waals surface area contributed by atoms with E-state index in [1.165, 1.54) is 0 Å². The molecule has 2 aromatic carbocycles. The maximum Gasteiger partial charge on any atom is 0.150 e. The van der Waals surface area contributed by atoms with Gasteiger partial charge in [0.15, 0.2) is 6.29 Å². The Morgan fingerprint density at radius 3 is 2.80 bits per heavy atom. The summed E-state index contributed by atoms with van der Waals surface area (Å²) in [5.41, 5.74) is 1.20. The van der Waals surface area contributed by atoms with Gasteiger partial charge in [0, 0.05) is 21.4 Å². The Morgan fingerprint density at radius 2 is 2.13 bits per heavy atom. The number of phenolic OH excluding ortho intramolecular Hbond substituents is 1. The van der Waals surface area contributed by atoms with Gasteiger partial charge in [-0.05, 0) is 18.6 Å². The fourth-order valence-corrected chi connectivity index (χ4v) is 2.05. The molecule has 15 heavy (non-hydrogen) atoms. The highest BCUT2D eigenvalue weighted by atomic mass is 35.5. The first-order chi connectivity index (χ1) is 7.15. The zero-order valence-corrected chi connectivity index (χ0v) is 8.88. The highest BCUT2D eigenvalue weighted by molar-refractivity contribution is 6.37. The predicted octanol–water partition coefficient (Wildman–Crippen LogP) is 3.32. The van der Waals surface area contributed by atoms with Crippen LogP contribution in [0.3, 0.4) is 0 Å². The molecule has 0 amide bonds. The van der Waals surface area contributed by atoms with Gasteiger partial charge in [0.2, 0.25) is 0 Å². The van der Waals surface area contributed by atoms with Gasteiger partial charge in [-0.15, -0.1) is 0 Å². The van der Waals surface area contributed by atoms with Crippen molar-refractivity contribution in [2.24, 2.45) is 0 Å². The maximum absolute atomic E-state index is 10.8. The quantitative estimate of drug-likeness (QED) is 0.749. The monoisotopic (exact) mass is 220 g/mol. The molecule has 0 aliphatic heterocycles. The van der Waals surface area contributed by atoms with Crippen LogP contribution in [0.2, 0.25) is 5.02 Å². The Morgan fingerprint density at radius 1 is 1.40 bits per heavy atom. The lowest BCUT2D eigenvalue weighted by Gasteiger charge is -2.08. The molecule has 2 aromatic rings. The van der Waals surface area contributed by atoms with Gasteiger partial charge in [0.1, 0.15) is 5.75 Å². The average molecular weight is 221 g/mol. The summed E-state index contributed by atoms with van der Waals surface area (Å²) in [5.74, 6) is 0.179. The van der Waals surface area contributed by atoms with Gasteiger partial charge in [-0.3, -0.25) is 4.79 Å². The average Bonchev–Trinajstić information content (AvgIpc) is 2.25. The lowest BCUT2D eigenvalue weighted by atomic mass is 10.0. The smallest absolute Gasteiger partial charge is 0.150 e. The fraction of sp³-hybridized carbons (Fsp3) is 0.0833. The van der Waals surface area contributed by atoms with Crippen LogP contribution in [0.1, 0.15) is 15.9 Å². The summed E-state index contributed by atoms with van der Waals surface area (Å²) in [4.78, 5) is 10.8. The van der Waals surface area contributed by atoms with Crippen LogP contribution in [-0.2, 0) is 0 Å². The summed E-state index contributed by atoms with van der Waals surface area (Å²) in [6, 6.07) is 6.81. The van der Waals surface area contributed by atoms with Crippen molar-refractivity contribution >= 4 is 28.7 Å². The van der Waals surface area contributed by atoms with E-state index in [-0.39, 0.29) is 5.75 Å². The molecule has 0 radical (unpaired) electrons. The minimum atomic E-state index is 0.179. The number of fused-ring (bicyclic) bond motifs is 1. The van der Waals surface area contributed by atoms with E-state index < -0.39 is 0 Å². The number of aromatic hydroxyl groups is 1. The number of carbonyl (C=O) groups excluding carboxylic acids is 1. The first kappa shape index (κ1) is 9.99. The second-order valence-electron chi connectivity index (χ2n) is 3.41. The molecule has 0 saturated carbocycles. The van der Waals surface area contributed by atoms with Crippen molar-refractivity contribution in [3.8, 4) is 5.75 Å². The Bertz CT molecular complexity index is 547. The summed E-state index contributed by atoms with van der Waals surface area (Å²) in [5, 5.41) is 11.5. The van der Waals surface area contributed by atoms with E-state index in [0.29, 0.717) is 26.9 Å². The molecule has 0 aliphatic carbocycles. The first-order valence-corrected chi connectivity index (χ1v) is 4.89. The Hall–Kier alpha value is -1.54. The van der Waals surface area contributed by atoms with Crippen molar-refractivity contribution in [2.45, 2.75) is 6.92 Å². The van der Waals surface area contributed by atoms with Gasteiger partial charge in [-0.1, -0.05) is 29.8 Å². The minimum absolute atomic E-state index is 0.179. The normalized spacial score (nSPS) is 10.5. The molecule has 0 heterocycles. The maximum atomic E-state index is 10.8. The van der Waals surface area contributed by atoms with Crippen LogP contribution in [0.25, 0.3) is 10.8 Å². The van der Waals surface area contributed by atoms with E-state index in [1.807, 2.05) is 0 Å². The molecule has 3 heteroatoms. The van der Waals surface area contributed by atoms with Crippen molar-refractivity contribution in [2.75, 3.05) is 0 Å². The predicted molar refractivity (Wildman–Crippen MR) is 60.7 cm³/mol. The largest absolute Gasteiger partial charge is 0.507 e. The molecular weight excluding hydrogens is 212 g/mol. The van der Waals surface area contributed by atoms with Gasteiger partial charge in [-0.25, -0.2) is 0 Å². The van der Waals surface area contributed by atoms with Gasteiger partial charge in [-0.2, -0.15) is 0 Å². The number of rotatable bonds is 1. The summed E-state index contributed by atoms with van der Waals surface area (Å²) < 4.78 is 0. The number of hydrogen-bond acceptors (Lipinski definition) is 2. The van der Waals surface area contributed by atoms with Crippen LogP contribution in [0, 0.1) is 6.92 Å². The first-order valence-electron chi connectivity index (χ1n) is 4.51. The lowest BCUT2D eigenvalue weighted by Crippen LogP contribution is -1.87. The van der Waals surface area contributed by atoms with E-state index in [4.69, 9.17) is 11.6 Å². The van der Waals surface area contributed by atoms with Gasteiger partial charge in [0.25, 0.3) is 0 Å². The molecule has 0 aromatic heterocycles. The van der Waals surface area contributed by atoms with Crippen LogP contribution >= 0.6 is 11.6 Å². The summed E-state index contributed by atoms with van der Waals surface area (Å²) >= 11 is 6.05. The summed E-state index contributed by atoms with van der Waals surface area (Å²) in [6.45, 7) is 1.77. The number of aldehydes is 1. The molecule has 0 spiro atoms. The van der Waals surface area contributed by atoms with Crippen molar-refractivity contribution in [3.05, 3.63) is 40.4 Å². The van der Waals surface area contributed by atoms with Crippen LogP contribution in [-0.4, -0.2) is 11.4 Å². The van der Waals surface area contributed by atoms with Gasteiger partial charge in [0.05, 0.1) is 0 Å². The molecule has 0 bridgehead atoms. The number of phenols is 1. The number of halogens is 1. The minimum Gasteiger partial charge on any atom is -0.507 e. The second-order valence-corrected chi connectivity index (χ2v) is 3.82. The topological polar surface area (TPSA) is 37.3 Å². The third-order valence-corrected chi connectivity index (χ3v) is 2.73. The van der Waals surface area contributed by atoms with Gasteiger partial charge < -0.3 is 5.11 Å². The third-order valence-electron chi connectivity index (χ3n) is 2.43. The molecule has 0 atom stereocenters. The van der Waals surface area contributed by atoms with E-state index in [2.05, 4.69) is 0 Å². The molecule has 0 unspecified atom stereocenters. The van der Waals surface area contributed by atoms with Crippen molar-refractivity contribution in [1.29, 1.82) is 0 Å². The molecule has 2 nitrogen and oxygen atoms in total. The molecule has 2 rings (SSSR count). The molecule has 1 N–H and O–H groups in total. The fourth-order valence-electron chi connectivity index (χ4n) is 1.68. The molecular formula is C12H9ClO2. The third kappa shape index (κ3) is 1.47. The van der Waals surface area contributed by atoms with E-state index in [9.17, 15) is 9.90 Å². The lowest BCUT2D eigenvalue weighted by molar-refractivity contribution is 0.112. The second kappa shape index (κ2) is 3.55. The zero-order chi connectivity index (χ0) is 11.0. The Balaban J connectivity index is 3.01. The van der Waals surface area contributed by atoms with E-state index >= 15 is 0 Å². The van der Waals surface area contributed by atoms with Crippen molar-refractivity contribution < 1.29 is 9.90 Å². The van der Waals surface area contributed by atoms with Crippen molar-refractivity contribution in [1.82, 2.24) is 0 Å². The summed E-state index contributed by atoms with van der Waals surface area (Å²) in [6.07, 6.45) is 0.739. The van der Waals surface area contributed by atoms with Crippen LogP contribution in [0.15, 0.2) is 24.3 Å².